The normalized spacial score (nSPS) is 12.1. The van der Waals surface area contributed by atoms with Crippen molar-refractivity contribution >= 4 is 36.1 Å². The number of rotatable bonds is 29. The Balaban J connectivity index is 1.26. The average Bonchev–Trinajstić information content (AvgIpc) is 3.21. The second-order valence-corrected chi connectivity index (χ2v) is 13.0. The number of esters is 3. The number of ether oxygens (including phenoxy) is 6. The molecule has 0 spiro atoms. The van der Waals surface area contributed by atoms with E-state index in [1.807, 2.05) is 0 Å². The van der Waals surface area contributed by atoms with Gasteiger partial charge < -0.3 is 28.4 Å². The number of hydrogen-bond acceptors (Lipinski definition) is 9. The highest BCUT2D eigenvalue weighted by Crippen LogP contribution is 2.09. The minimum absolute atomic E-state index is 0.276. The van der Waals surface area contributed by atoms with Gasteiger partial charge in [0.25, 0.3) is 0 Å². The smallest absolute Gasteiger partial charge is 0.330 e. The van der Waals surface area contributed by atoms with Crippen LogP contribution in [0.15, 0.2) is 91.0 Å². The molecule has 0 aromatic heterocycles. The predicted octanol–water partition coefficient (Wildman–Crippen LogP) is 9.10. The van der Waals surface area contributed by atoms with Crippen molar-refractivity contribution in [1.29, 1.82) is 0 Å². The maximum absolute atomic E-state index is 13.0. The first-order chi connectivity index (χ1) is 27.8. The molecule has 0 unspecified atom stereocenters. The van der Waals surface area contributed by atoms with Crippen molar-refractivity contribution < 1.29 is 56.0 Å². The molecule has 3 aromatic carbocycles. The minimum Gasteiger partial charge on any atom is -0.463 e. The summed E-state index contributed by atoms with van der Waals surface area (Å²) in [4.78, 5) is 35.8. The molecule has 0 atom stereocenters. The maximum Gasteiger partial charge on any atom is 0.330 e. The molecular formula is C45H53F3O9. The van der Waals surface area contributed by atoms with Crippen LogP contribution in [0.25, 0.3) is 18.2 Å². The standard InChI is InChI=1S/C45H53F3O9/c46-39-19-10-36(11-20-39)16-25-43(49)55-31-7-1-4-28-52-34-42(54-30-6-3-9-33-57-45(51)27-18-38-14-23-41(48)24-15-38)35-53-29-5-2-8-32-56-44(50)26-17-37-12-21-40(47)22-13-37/h10-27,42H,1-9,28-35H2. The average molecular weight is 795 g/mol. The van der Waals surface area contributed by atoms with Crippen molar-refractivity contribution in [1.82, 2.24) is 0 Å². The SMILES string of the molecule is O=C(C=Cc1ccc(F)cc1)OCCCCCOCC(COCCCCCOC(=O)C=Cc1ccc(F)cc1)OCCCCCOC(=O)C=Cc1ccc(F)cc1. The summed E-state index contributed by atoms with van der Waals surface area (Å²) >= 11 is 0. The molecule has 0 bridgehead atoms. The van der Waals surface area contributed by atoms with Crippen molar-refractivity contribution in [3.63, 3.8) is 0 Å². The molecule has 0 saturated carbocycles. The summed E-state index contributed by atoms with van der Waals surface area (Å²) < 4.78 is 72.6. The van der Waals surface area contributed by atoms with E-state index < -0.39 is 17.9 Å². The molecule has 57 heavy (non-hydrogen) atoms. The van der Waals surface area contributed by atoms with Gasteiger partial charge in [-0.2, -0.15) is 0 Å². The summed E-state index contributed by atoms with van der Waals surface area (Å²) in [5, 5.41) is 0. The minimum atomic E-state index is -0.460. The quantitative estimate of drug-likeness (QED) is 0.0295. The van der Waals surface area contributed by atoms with Gasteiger partial charge in [0.15, 0.2) is 0 Å². The van der Waals surface area contributed by atoms with Crippen LogP contribution in [0.5, 0.6) is 0 Å². The van der Waals surface area contributed by atoms with Gasteiger partial charge in [-0.15, -0.1) is 0 Å². The van der Waals surface area contributed by atoms with Gasteiger partial charge in [0.2, 0.25) is 0 Å². The van der Waals surface area contributed by atoms with Crippen LogP contribution in [0.3, 0.4) is 0 Å². The first-order valence-electron chi connectivity index (χ1n) is 19.3. The van der Waals surface area contributed by atoms with Crippen molar-refractivity contribution in [2.45, 2.75) is 63.9 Å². The molecule has 9 nitrogen and oxygen atoms in total. The largest absolute Gasteiger partial charge is 0.463 e. The predicted molar refractivity (Wildman–Crippen MR) is 212 cm³/mol. The van der Waals surface area contributed by atoms with Crippen LogP contribution in [0, 0.1) is 17.5 Å². The highest BCUT2D eigenvalue weighted by Gasteiger charge is 2.11. The Morgan fingerprint density at radius 2 is 0.719 bits per heavy atom. The van der Waals surface area contributed by atoms with Gasteiger partial charge in [0, 0.05) is 38.0 Å². The summed E-state index contributed by atoms with van der Waals surface area (Å²) in [7, 11) is 0. The number of halogens is 3. The van der Waals surface area contributed by atoms with E-state index in [1.165, 1.54) is 54.6 Å². The summed E-state index contributed by atoms with van der Waals surface area (Å²) in [6.07, 6.45) is 15.2. The van der Waals surface area contributed by atoms with E-state index in [2.05, 4.69) is 0 Å². The van der Waals surface area contributed by atoms with E-state index >= 15 is 0 Å². The summed E-state index contributed by atoms with van der Waals surface area (Å²) in [6, 6.07) is 17.4. The Morgan fingerprint density at radius 3 is 1.05 bits per heavy atom. The first kappa shape index (κ1) is 46.3. The van der Waals surface area contributed by atoms with Crippen LogP contribution in [-0.2, 0) is 42.8 Å². The molecule has 0 amide bonds. The fraction of sp³-hybridized carbons (Fsp3) is 0.400. The van der Waals surface area contributed by atoms with E-state index in [9.17, 15) is 27.6 Å². The Morgan fingerprint density at radius 1 is 0.421 bits per heavy atom. The lowest BCUT2D eigenvalue weighted by Crippen LogP contribution is -2.27. The van der Waals surface area contributed by atoms with E-state index in [1.54, 1.807) is 54.6 Å². The lowest BCUT2D eigenvalue weighted by molar-refractivity contribution is -0.138. The zero-order valence-corrected chi connectivity index (χ0v) is 32.3. The van der Waals surface area contributed by atoms with Crippen molar-refractivity contribution in [3.8, 4) is 0 Å². The molecule has 0 saturated heterocycles. The van der Waals surface area contributed by atoms with Crippen molar-refractivity contribution in [3.05, 3.63) is 125 Å². The zero-order chi connectivity index (χ0) is 40.8. The second-order valence-electron chi connectivity index (χ2n) is 13.0. The van der Waals surface area contributed by atoms with E-state index in [0.29, 0.717) is 69.0 Å². The molecule has 0 N–H and O–H groups in total. The Bertz CT molecular complexity index is 1570. The molecule has 0 aliphatic rings. The van der Waals surface area contributed by atoms with Gasteiger partial charge in [0.1, 0.15) is 23.6 Å². The summed E-state index contributed by atoms with van der Waals surface area (Å²) in [6.45, 7) is 3.06. The third kappa shape index (κ3) is 23.6. The molecule has 12 heteroatoms. The van der Waals surface area contributed by atoms with Gasteiger partial charge in [0.05, 0.1) is 33.0 Å². The van der Waals surface area contributed by atoms with E-state index in [0.717, 1.165) is 38.5 Å². The van der Waals surface area contributed by atoms with Gasteiger partial charge in [-0.1, -0.05) is 36.4 Å². The third-order valence-corrected chi connectivity index (χ3v) is 8.19. The van der Waals surface area contributed by atoms with Gasteiger partial charge in [-0.25, -0.2) is 27.6 Å². The molecule has 0 aliphatic carbocycles. The van der Waals surface area contributed by atoms with Crippen LogP contribution in [0.1, 0.15) is 74.5 Å². The second kappa shape index (κ2) is 29.2. The molecule has 0 radical (unpaired) electrons. The third-order valence-electron chi connectivity index (χ3n) is 8.19. The van der Waals surface area contributed by atoms with Crippen LogP contribution < -0.4 is 0 Å². The first-order valence-corrected chi connectivity index (χ1v) is 19.3. The Kier molecular flexibility index (Phi) is 23.8. The van der Waals surface area contributed by atoms with Crippen LogP contribution in [0.4, 0.5) is 13.2 Å². The lowest BCUT2D eigenvalue weighted by atomic mass is 10.2. The van der Waals surface area contributed by atoms with Crippen LogP contribution in [-0.4, -0.2) is 76.9 Å². The Labute approximate surface area is 333 Å². The highest BCUT2D eigenvalue weighted by molar-refractivity contribution is 5.88. The van der Waals surface area contributed by atoms with Crippen molar-refractivity contribution in [2.24, 2.45) is 0 Å². The molecule has 308 valence electrons. The van der Waals surface area contributed by atoms with Crippen LogP contribution in [0.2, 0.25) is 0 Å². The maximum atomic E-state index is 13.0. The zero-order valence-electron chi connectivity index (χ0n) is 32.3. The topological polar surface area (TPSA) is 107 Å². The Hall–Kier alpha value is -5.04. The van der Waals surface area contributed by atoms with Gasteiger partial charge in [-0.05, 0) is 129 Å². The highest BCUT2D eigenvalue weighted by atomic mass is 19.1. The molecule has 0 heterocycles. The molecule has 0 aliphatic heterocycles. The lowest BCUT2D eigenvalue weighted by Gasteiger charge is -2.18. The summed E-state index contributed by atoms with van der Waals surface area (Å²) in [5.41, 5.74) is 2.11. The number of unbranched alkanes of at least 4 members (excludes halogenated alkanes) is 6. The molecule has 3 aromatic rings. The molecule has 0 fully saturated rings. The molecular weight excluding hydrogens is 741 g/mol. The molecule has 3 rings (SSSR count). The van der Waals surface area contributed by atoms with Crippen molar-refractivity contribution in [2.75, 3.05) is 52.9 Å². The number of hydrogen-bond donors (Lipinski definition) is 0. The number of carbonyl (C=O) groups is 3. The monoisotopic (exact) mass is 794 g/mol. The van der Waals surface area contributed by atoms with Crippen LogP contribution >= 0.6 is 0 Å². The summed E-state index contributed by atoms with van der Waals surface area (Å²) in [5.74, 6) is -2.39. The fourth-order valence-corrected chi connectivity index (χ4v) is 5.05. The number of carbonyl (C=O) groups excluding carboxylic acids is 3. The van der Waals surface area contributed by atoms with Gasteiger partial charge >= 0.3 is 17.9 Å². The fourth-order valence-electron chi connectivity index (χ4n) is 5.05. The number of benzene rings is 3. The van der Waals surface area contributed by atoms with E-state index in [-0.39, 0.29) is 43.4 Å². The van der Waals surface area contributed by atoms with Gasteiger partial charge in [-0.3, -0.25) is 0 Å². The van der Waals surface area contributed by atoms with E-state index in [4.69, 9.17) is 28.4 Å².